The molecule has 0 radical (unpaired) electrons. The summed E-state index contributed by atoms with van der Waals surface area (Å²) >= 11 is 0. The van der Waals surface area contributed by atoms with E-state index in [0.29, 0.717) is 0 Å². The summed E-state index contributed by atoms with van der Waals surface area (Å²) in [6.45, 7) is 3.77. The third-order valence-electron chi connectivity index (χ3n) is 4.97. The maximum absolute atomic E-state index is 3.89. The van der Waals surface area contributed by atoms with Crippen molar-refractivity contribution in [2.75, 3.05) is 19.6 Å². The van der Waals surface area contributed by atoms with Crippen molar-refractivity contribution in [3.8, 4) is 0 Å². The maximum atomic E-state index is 3.89. The summed E-state index contributed by atoms with van der Waals surface area (Å²) in [5, 5.41) is 3.89. The molecule has 0 unspecified atom stereocenters. The van der Waals surface area contributed by atoms with Gasteiger partial charge in [0.2, 0.25) is 0 Å². The lowest BCUT2D eigenvalue weighted by Crippen LogP contribution is -2.45. The van der Waals surface area contributed by atoms with Crippen LogP contribution in [-0.4, -0.2) is 36.6 Å². The summed E-state index contributed by atoms with van der Waals surface area (Å²) in [4.78, 5) is 2.64. The molecular weight excluding hydrogens is 244 g/mol. The predicted molar refractivity (Wildman–Crippen MR) is 85.0 cm³/mol. The van der Waals surface area contributed by atoms with E-state index in [1.54, 1.807) is 0 Å². The second-order valence-electron chi connectivity index (χ2n) is 6.50. The average Bonchev–Trinajstić information content (AvgIpc) is 3.01. The number of rotatable bonds is 5. The smallest absolute Gasteiger partial charge is 0.00940 e. The number of likely N-dealkylation sites (tertiary alicyclic amines) is 1. The minimum absolute atomic E-state index is 0.783. The van der Waals surface area contributed by atoms with Gasteiger partial charge in [-0.2, -0.15) is 0 Å². The number of nitrogens with zero attached hydrogens (tertiary/aromatic N) is 1. The Kier molecular flexibility index (Phi) is 5.10. The van der Waals surface area contributed by atoms with E-state index in [1.807, 2.05) is 0 Å². The largest absolute Gasteiger partial charge is 0.311 e. The molecule has 1 heterocycles. The SMILES string of the molecule is c1ccc(CCN2CCC(NC3CCCC3)CC2)cc1. The van der Waals surface area contributed by atoms with Gasteiger partial charge in [-0.1, -0.05) is 43.2 Å². The van der Waals surface area contributed by atoms with E-state index in [1.165, 1.54) is 70.1 Å². The fraction of sp³-hybridized carbons (Fsp3) is 0.667. The molecule has 0 bridgehead atoms. The average molecular weight is 272 g/mol. The van der Waals surface area contributed by atoms with Crippen molar-refractivity contribution in [3.05, 3.63) is 35.9 Å². The lowest BCUT2D eigenvalue weighted by atomic mass is 10.0. The highest BCUT2D eigenvalue weighted by molar-refractivity contribution is 5.14. The molecule has 1 aromatic carbocycles. The Hall–Kier alpha value is -0.860. The number of piperidine rings is 1. The van der Waals surface area contributed by atoms with Crippen molar-refractivity contribution in [2.24, 2.45) is 0 Å². The van der Waals surface area contributed by atoms with E-state index < -0.39 is 0 Å². The first kappa shape index (κ1) is 14.1. The van der Waals surface area contributed by atoms with E-state index in [0.717, 1.165) is 12.1 Å². The number of benzene rings is 1. The van der Waals surface area contributed by atoms with E-state index >= 15 is 0 Å². The van der Waals surface area contributed by atoms with Gasteiger partial charge in [0.1, 0.15) is 0 Å². The summed E-state index contributed by atoms with van der Waals surface area (Å²) < 4.78 is 0. The molecule has 110 valence electrons. The zero-order valence-corrected chi connectivity index (χ0v) is 12.6. The standard InChI is InChI=1S/C18H28N2/c1-2-6-16(7-3-1)10-13-20-14-11-18(12-15-20)19-17-8-4-5-9-17/h1-3,6-7,17-19H,4-5,8-15H2. The Bertz CT molecular complexity index is 376. The van der Waals surface area contributed by atoms with Crippen LogP contribution in [0.3, 0.4) is 0 Å². The topological polar surface area (TPSA) is 15.3 Å². The van der Waals surface area contributed by atoms with Gasteiger partial charge in [0.05, 0.1) is 0 Å². The molecular formula is C18H28N2. The normalized spacial score (nSPS) is 22.4. The lowest BCUT2D eigenvalue weighted by Gasteiger charge is -2.34. The number of nitrogens with one attached hydrogen (secondary N) is 1. The Labute approximate surface area is 123 Å². The highest BCUT2D eigenvalue weighted by Crippen LogP contribution is 2.20. The molecule has 0 atom stereocenters. The van der Waals surface area contributed by atoms with Crippen LogP contribution in [0.1, 0.15) is 44.1 Å². The molecule has 1 aromatic rings. The number of hydrogen-bond donors (Lipinski definition) is 1. The van der Waals surface area contributed by atoms with Crippen LogP contribution in [0.5, 0.6) is 0 Å². The van der Waals surface area contributed by atoms with Crippen LogP contribution in [0.25, 0.3) is 0 Å². The van der Waals surface area contributed by atoms with E-state index in [4.69, 9.17) is 0 Å². The molecule has 1 saturated heterocycles. The minimum Gasteiger partial charge on any atom is -0.311 e. The van der Waals surface area contributed by atoms with Crippen molar-refractivity contribution in [3.63, 3.8) is 0 Å². The van der Waals surface area contributed by atoms with Crippen LogP contribution >= 0.6 is 0 Å². The minimum atomic E-state index is 0.783. The Morgan fingerprint density at radius 2 is 1.55 bits per heavy atom. The zero-order chi connectivity index (χ0) is 13.6. The zero-order valence-electron chi connectivity index (χ0n) is 12.6. The van der Waals surface area contributed by atoms with Crippen molar-refractivity contribution in [2.45, 2.75) is 57.0 Å². The van der Waals surface area contributed by atoms with Crippen LogP contribution in [0.2, 0.25) is 0 Å². The van der Waals surface area contributed by atoms with Crippen molar-refractivity contribution >= 4 is 0 Å². The highest BCUT2D eigenvalue weighted by atomic mass is 15.1. The second kappa shape index (κ2) is 7.24. The molecule has 2 fully saturated rings. The van der Waals surface area contributed by atoms with Gasteiger partial charge in [-0.05, 0) is 50.8 Å². The third kappa shape index (κ3) is 4.07. The van der Waals surface area contributed by atoms with Gasteiger partial charge >= 0.3 is 0 Å². The van der Waals surface area contributed by atoms with Gasteiger partial charge in [-0.25, -0.2) is 0 Å². The van der Waals surface area contributed by atoms with Gasteiger partial charge < -0.3 is 10.2 Å². The van der Waals surface area contributed by atoms with Gasteiger partial charge in [-0.3, -0.25) is 0 Å². The van der Waals surface area contributed by atoms with Gasteiger partial charge in [-0.15, -0.1) is 0 Å². The molecule has 3 rings (SSSR count). The molecule has 2 nitrogen and oxygen atoms in total. The van der Waals surface area contributed by atoms with Crippen LogP contribution in [0.15, 0.2) is 30.3 Å². The quantitative estimate of drug-likeness (QED) is 0.885. The summed E-state index contributed by atoms with van der Waals surface area (Å²) in [5.41, 5.74) is 1.47. The van der Waals surface area contributed by atoms with Crippen LogP contribution in [-0.2, 0) is 6.42 Å². The molecule has 2 heteroatoms. The predicted octanol–water partition coefficient (Wildman–Crippen LogP) is 3.23. The molecule has 1 aliphatic carbocycles. The molecule has 1 N–H and O–H groups in total. The summed E-state index contributed by atoms with van der Waals surface area (Å²) in [6, 6.07) is 12.5. The Balaban J connectivity index is 1.35. The first-order valence-electron chi connectivity index (χ1n) is 8.42. The van der Waals surface area contributed by atoms with E-state index in [9.17, 15) is 0 Å². The molecule has 0 aromatic heterocycles. The van der Waals surface area contributed by atoms with Crippen molar-refractivity contribution in [1.82, 2.24) is 10.2 Å². The highest BCUT2D eigenvalue weighted by Gasteiger charge is 2.23. The fourth-order valence-electron chi connectivity index (χ4n) is 3.68. The number of hydrogen-bond acceptors (Lipinski definition) is 2. The fourth-order valence-corrected chi connectivity index (χ4v) is 3.68. The summed E-state index contributed by atoms with van der Waals surface area (Å²) in [7, 11) is 0. The molecule has 0 spiro atoms. The summed E-state index contributed by atoms with van der Waals surface area (Å²) in [5.74, 6) is 0. The van der Waals surface area contributed by atoms with Gasteiger partial charge in [0.15, 0.2) is 0 Å². The van der Waals surface area contributed by atoms with Crippen LogP contribution < -0.4 is 5.32 Å². The molecule has 0 amide bonds. The van der Waals surface area contributed by atoms with Crippen LogP contribution in [0.4, 0.5) is 0 Å². The molecule has 2 aliphatic rings. The van der Waals surface area contributed by atoms with Gasteiger partial charge in [0, 0.05) is 18.6 Å². The third-order valence-corrected chi connectivity index (χ3v) is 4.97. The summed E-state index contributed by atoms with van der Waals surface area (Å²) in [6.07, 6.45) is 9.57. The van der Waals surface area contributed by atoms with E-state index in [2.05, 4.69) is 40.5 Å². The monoisotopic (exact) mass is 272 g/mol. The second-order valence-corrected chi connectivity index (χ2v) is 6.50. The Morgan fingerprint density at radius 3 is 2.25 bits per heavy atom. The van der Waals surface area contributed by atoms with E-state index in [-0.39, 0.29) is 0 Å². The maximum Gasteiger partial charge on any atom is 0.00940 e. The van der Waals surface area contributed by atoms with Crippen molar-refractivity contribution in [1.29, 1.82) is 0 Å². The van der Waals surface area contributed by atoms with Crippen LogP contribution in [0, 0.1) is 0 Å². The molecule has 20 heavy (non-hydrogen) atoms. The molecule has 1 saturated carbocycles. The Morgan fingerprint density at radius 1 is 0.900 bits per heavy atom. The first-order valence-corrected chi connectivity index (χ1v) is 8.42. The van der Waals surface area contributed by atoms with Gasteiger partial charge in [0.25, 0.3) is 0 Å². The van der Waals surface area contributed by atoms with Crippen molar-refractivity contribution < 1.29 is 0 Å². The lowest BCUT2D eigenvalue weighted by molar-refractivity contribution is 0.192. The first-order chi connectivity index (χ1) is 9.90. The molecule has 1 aliphatic heterocycles.